The Balaban J connectivity index is 2.02. The predicted molar refractivity (Wildman–Crippen MR) is 111 cm³/mol. The van der Waals surface area contributed by atoms with Crippen LogP contribution in [-0.4, -0.2) is 20.2 Å². The van der Waals surface area contributed by atoms with Crippen LogP contribution in [0.3, 0.4) is 0 Å². The van der Waals surface area contributed by atoms with E-state index in [1.54, 1.807) is 15.2 Å². The van der Waals surface area contributed by atoms with Crippen LogP contribution in [0, 0.1) is 0 Å². The molecule has 0 aliphatic heterocycles. The number of rotatable bonds is 7. The lowest BCUT2D eigenvalue weighted by atomic mass is 9.97. The van der Waals surface area contributed by atoms with E-state index in [1.165, 1.54) is 0 Å². The minimum Gasteiger partial charge on any atom is -0.478 e. The highest BCUT2D eigenvalue weighted by atomic mass is 16.4. The van der Waals surface area contributed by atoms with E-state index >= 15 is 0 Å². The Morgan fingerprint density at radius 3 is 2.54 bits per heavy atom. The Kier molecular flexibility index (Phi) is 5.94. The van der Waals surface area contributed by atoms with Gasteiger partial charge in [-0.1, -0.05) is 54.6 Å². The molecule has 0 bridgehead atoms. The van der Waals surface area contributed by atoms with Crippen molar-refractivity contribution in [3.8, 4) is 11.1 Å². The van der Waals surface area contributed by atoms with Crippen LogP contribution in [0.25, 0.3) is 11.1 Å². The number of aromatic nitrogens is 2. The number of hydrogen-bond donors (Lipinski definition) is 1. The summed E-state index contributed by atoms with van der Waals surface area (Å²) in [6, 6.07) is 14.8. The molecule has 2 aromatic carbocycles. The number of carbonyl (C=O) groups is 1. The van der Waals surface area contributed by atoms with Crippen LogP contribution in [0.1, 0.15) is 35.5 Å². The van der Waals surface area contributed by atoms with E-state index < -0.39 is 5.97 Å². The zero-order valence-corrected chi connectivity index (χ0v) is 16.1. The molecule has 3 rings (SSSR count). The van der Waals surface area contributed by atoms with Gasteiger partial charge in [0.2, 0.25) is 0 Å². The maximum absolute atomic E-state index is 12.7. The highest BCUT2D eigenvalue weighted by Gasteiger charge is 2.15. The molecule has 0 radical (unpaired) electrons. The monoisotopic (exact) mass is 376 g/mol. The standard InChI is InChI=1S/C23H24N2O3/c1-3-5-11-19-16-24(4-2)23(28)25(19)15-17-12-13-20(21(14-17)22(26)27)18-9-7-6-8-10-18/h3,5-10,12-14,16H,4,11,15H2,1-2H3,(H,26,27). The SMILES string of the molecule is CC=CCc1cn(CC)c(=O)n1Cc1ccc(-c2ccccc2)c(C(=O)O)c1. The molecular formula is C23H24N2O3. The summed E-state index contributed by atoms with van der Waals surface area (Å²) < 4.78 is 3.39. The van der Waals surface area contributed by atoms with Crippen molar-refractivity contribution < 1.29 is 9.90 Å². The van der Waals surface area contributed by atoms with Gasteiger partial charge in [0.1, 0.15) is 0 Å². The Labute approximate surface area is 164 Å². The second kappa shape index (κ2) is 8.57. The first kappa shape index (κ1) is 19.4. The summed E-state index contributed by atoms with van der Waals surface area (Å²) in [6.07, 6.45) is 6.49. The van der Waals surface area contributed by atoms with Crippen molar-refractivity contribution in [1.29, 1.82) is 0 Å². The van der Waals surface area contributed by atoms with Gasteiger partial charge in [0.15, 0.2) is 0 Å². The summed E-state index contributed by atoms with van der Waals surface area (Å²) in [4.78, 5) is 24.5. The third kappa shape index (κ3) is 3.98. The van der Waals surface area contributed by atoms with E-state index in [1.807, 2.05) is 74.7 Å². The average molecular weight is 376 g/mol. The van der Waals surface area contributed by atoms with Crippen molar-refractivity contribution in [1.82, 2.24) is 9.13 Å². The maximum Gasteiger partial charge on any atom is 0.336 e. The lowest BCUT2D eigenvalue weighted by Crippen LogP contribution is -2.25. The Morgan fingerprint density at radius 2 is 1.89 bits per heavy atom. The minimum absolute atomic E-state index is 0.0778. The van der Waals surface area contributed by atoms with Gasteiger partial charge >= 0.3 is 11.7 Å². The van der Waals surface area contributed by atoms with Gasteiger partial charge in [0.25, 0.3) is 0 Å². The summed E-state index contributed by atoms with van der Waals surface area (Å²) in [5, 5.41) is 9.70. The Hall–Kier alpha value is -3.34. The number of hydrogen-bond acceptors (Lipinski definition) is 2. The third-order valence-electron chi connectivity index (χ3n) is 4.77. The van der Waals surface area contributed by atoms with Crippen molar-refractivity contribution in [3.05, 3.63) is 94.2 Å². The number of carboxylic acids is 1. The first-order chi connectivity index (χ1) is 13.5. The fourth-order valence-corrected chi connectivity index (χ4v) is 3.30. The van der Waals surface area contributed by atoms with Crippen LogP contribution in [0.2, 0.25) is 0 Å². The van der Waals surface area contributed by atoms with Crippen LogP contribution in [0.5, 0.6) is 0 Å². The van der Waals surface area contributed by atoms with E-state index in [0.29, 0.717) is 25.1 Å². The molecule has 0 unspecified atom stereocenters. The molecule has 1 aromatic heterocycles. The van der Waals surface area contributed by atoms with Crippen molar-refractivity contribution in [2.24, 2.45) is 0 Å². The van der Waals surface area contributed by atoms with Gasteiger partial charge in [-0.3, -0.25) is 9.13 Å². The lowest BCUT2D eigenvalue weighted by Gasteiger charge is -2.11. The molecule has 0 spiro atoms. The van der Waals surface area contributed by atoms with E-state index in [0.717, 1.165) is 16.8 Å². The van der Waals surface area contributed by atoms with Gasteiger partial charge in [0.05, 0.1) is 12.1 Å². The Morgan fingerprint density at radius 1 is 1.14 bits per heavy atom. The van der Waals surface area contributed by atoms with Crippen LogP contribution >= 0.6 is 0 Å². The molecule has 28 heavy (non-hydrogen) atoms. The van der Waals surface area contributed by atoms with Gasteiger partial charge in [-0.2, -0.15) is 0 Å². The molecule has 0 fully saturated rings. The summed E-state index contributed by atoms with van der Waals surface area (Å²) in [7, 11) is 0. The fourth-order valence-electron chi connectivity index (χ4n) is 3.30. The van der Waals surface area contributed by atoms with Crippen molar-refractivity contribution in [3.63, 3.8) is 0 Å². The highest BCUT2D eigenvalue weighted by molar-refractivity contribution is 5.96. The zero-order chi connectivity index (χ0) is 20.1. The first-order valence-electron chi connectivity index (χ1n) is 9.36. The van der Waals surface area contributed by atoms with Crippen LogP contribution in [0.4, 0.5) is 0 Å². The van der Waals surface area contributed by atoms with Gasteiger partial charge < -0.3 is 5.11 Å². The van der Waals surface area contributed by atoms with Gasteiger partial charge in [-0.05, 0) is 36.6 Å². The first-order valence-corrected chi connectivity index (χ1v) is 9.36. The highest BCUT2D eigenvalue weighted by Crippen LogP contribution is 2.25. The quantitative estimate of drug-likeness (QED) is 0.629. The molecule has 5 heteroatoms. The molecule has 144 valence electrons. The minimum atomic E-state index is -0.978. The number of aryl methyl sites for hydroxylation is 1. The average Bonchev–Trinajstić information content (AvgIpc) is 3.01. The molecule has 0 atom stereocenters. The molecule has 0 aliphatic rings. The molecule has 1 N–H and O–H groups in total. The lowest BCUT2D eigenvalue weighted by molar-refractivity contribution is 0.0697. The number of carboxylic acid groups (broad SMARTS) is 1. The zero-order valence-electron chi connectivity index (χ0n) is 16.1. The van der Waals surface area contributed by atoms with Crippen molar-refractivity contribution in [2.75, 3.05) is 0 Å². The van der Waals surface area contributed by atoms with Gasteiger partial charge in [0, 0.05) is 24.9 Å². The third-order valence-corrected chi connectivity index (χ3v) is 4.77. The topological polar surface area (TPSA) is 64.2 Å². The second-order valence-electron chi connectivity index (χ2n) is 6.60. The summed E-state index contributed by atoms with van der Waals surface area (Å²) in [6.45, 7) is 4.82. The number of allylic oxidation sites excluding steroid dienone is 2. The van der Waals surface area contributed by atoms with Crippen molar-refractivity contribution >= 4 is 5.97 Å². The Bertz CT molecular complexity index is 1060. The molecule has 3 aromatic rings. The number of aromatic carboxylic acids is 1. The van der Waals surface area contributed by atoms with Crippen LogP contribution in [0.15, 0.2) is 71.7 Å². The summed E-state index contributed by atoms with van der Waals surface area (Å²) >= 11 is 0. The predicted octanol–water partition coefficient (Wildman–Crippen LogP) is 4.20. The fraction of sp³-hybridized carbons (Fsp3) is 0.217. The van der Waals surface area contributed by atoms with Gasteiger partial charge in [-0.25, -0.2) is 9.59 Å². The van der Waals surface area contributed by atoms with Gasteiger partial charge in [-0.15, -0.1) is 0 Å². The van der Waals surface area contributed by atoms with Crippen LogP contribution < -0.4 is 5.69 Å². The number of imidazole rings is 1. The molecule has 0 saturated heterocycles. The second-order valence-corrected chi connectivity index (χ2v) is 6.60. The summed E-state index contributed by atoms with van der Waals surface area (Å²) in [5.74, 6) is -0.978. The molecule has 0 amide bonds. The molecule has 0 aliphatic carbocycles. The molecule has 1 heterocycles. The summed E-state index contributed by atoms with van der Waals surface area (Å²) in [5.41, 5.74) is 3.38. The largest absolute Gasteiger partial charge is 0.478 e. The normalized spacial score (nSPS) is 11.2. The van der Waals surface area contributed by atoms with E-state index in [9.17, 15) is 14.7 Å². The molecule has 5 nitrogen and oxygen atoms in total. The van der Waals surface area contributed by atoms with Crippen molar-refractivity contribution in [2.45, 2.75) is 33.4 Å². The smallest absolute Gasteiger partial charge is 0.336 e. The molecular weight excluding hydrogens is 352 g/mol. The van der Waals surface area contributed by atoms with E-state index in [4.69, 9.17) is 0 Å². The number of nitrogens with zero attached hydrogens (tertiary/aromatic N) is 2. The van der Waals surface area contributed by atoms with Crippen LogP contribution in [-0.2, 0) is 19.5 Å². The van der Waals surface area contributed by atoms with E-state index in [2.05, 4.69) is 0 Å². The van der Waals surface area contributed by atoms with E-state index in [-0.39, 0.29) is 11.3 Å². The number of benzene rings is 2. The molecule has 0 saturated carbocycles. The maximum atomic E-state index is 12.7.